The van der Waals surface area contributed by atoms with Crippen LogP contribution in [0.25, 0.3) is 0 Å². The molecule has 20 nitrogen and oxygen atoms in total. The van der Waals surface area contributed by atoms with Gasteiger partial charge < -0.3 is 107 Å². The van der Waals surface area contributed by atoms with Gasteiger partial charge in [-0.3, -0.25) is 0 Å². The maximum absolute atomic E-state index is 9.23. The van der Waals surface area contributed by atoms with Crippen LogP contribution in [0.3, 0.4) is 0 Å². The van der Waals surface area contributed by atoms with Gasteiger partial charge in [0.25, 0.3) is 0 Å². The number of hydrogen-bond donors (Lipinski definition) is 20. The first-order valence-corrected chi connectivity index (χ1v) is 29.2. The van der Waals surface area contributed by atoms with Crippen molar-refractivity contribution in [1.29, 1.82) is 0 Å². The Labute approximate surface area is 452 Å². The molecule has 0 fully saturated rings. The molecule has 0 saturated heterocycles. The normalized spacial score (nSPS) is 11.9. The lowest BCUT2D eigenvalue weighted by Crippen LogP contribution is -2.37. The Bertz CT molecular complexity index is 694. The number of unbranched alkanes of at least 4 members (excludes halogenated alkanes) is 1. The minimum absolute atomic E-state index is 0.231. The molecule has 0 aromatic rings. The van der Waals surface area contributed by atoms with Gasteiger partial charge in [0, 0.05) is 117 Å². The number of likely N-dealkylation sites (N-methyl/N-ethyl adjacent to an activating group) is 3. The van der Waals surface area contributed by atoms with Gasteiger partial charge in [0.1, 0.15) is 0 Å². The second-order valence-electron chi connectivity index (χ2n) is 13.6. The highest BCUT2D eigenvalue weighted by molar-refractivity contribution is 9.12. The van der Waals surface area contributed by atoms with Crippen LogP contribution < -0.4 is 66.3 Å². The SMILES string of the molecule is BrCCBr.BrCCCBr.CCC(O)CNCC(O)CNC.CCCCNCC(O)CNC.CCCNCC(O)CNC.NCC(O)CN.NCC(O)CN.NCC(O)CN.OC(CBr)CBr. The van der Waals surface area contributed by atoms with Crippen molar-refractivity contribution in [2.45, 2.75) is 102 Å². The van der Waals surface area contributed by atoms with Crippen LogP contribution >= 0.6 is 95.6 Å². The number of aliphatic hydroxyl groups excluding tert-OH is 8. The molecule has 0 amide bonds. The van der Waals surface area contributed by atoms with Gasteiger partial charge >= 0.3 is 0 Å². The van der Waals surface area contributed by atoms with Crippen molar-refractivity contribution < 1.29 is 40.9 Å². The van der Waals surface area contributed by atoms with E-state index in [1.165, 1.54) is 19.3 Å². The highest BCUT2D eigenvalue weighted by Crippen LogP contribution is 1.93. The van der Waals surface area contributed by atoms with E-state index >= 15 is 0 Å². The van der Waals surface area contributed by atoms with Crippen molar-refractivity contribution in [3.05, 3.63) is 0 Å². The van der Waals surface area contributed by atoms with Gasteiger partial charge in [0.05, 0.1) is 48.8 Å². The molecule has 0 rings (SSSR count). The molecule has 0 aliphatic carbocycles. The van der Waals surface area contributed by atoms with Gasteiger partial charge in [-0.05, 0) is 59.9 Å². The molecular formula is C40H104Br6N12O8. The van der Waals surface area contributed by atoms with E-state index in [2.05, 4.69) is 141 Å². The highest BCUT2D eigenvalue weighted by atomic mass is 79.9. The van der Waals surface area contributed by atoms with Crippen LogP contribution in [-0.4, -0.2) is 241 Å². The van der Waals surface area contributed by atoms with Crippen molar-refractivity contribution in [2.24, 2.45) is 34.4 Å². The summed E-state index contributed by atoms with van der Waals surface area (Å²) in [7, 11) is 5.47. The first kappa shape index (κ1) is 87.8. The van der Waals surface area contributed by atoms with Crippen LogP contribution in [0.4, 0.5) is 0 Å². The van der Waals surface area contributed by atoms with Gasteiger partial charge in [-0.2, -0.15) is 0 Å². The van der Waals surface area contributed by atoms with E-state index in [4.69, 9.17) is 65.0 Å². The molecule has 0 heterocycles. The first-order chi connectivity index (χ1) is 31.4. The molecule has 0 aliphatic rings. The standard InChI is InChI=1S/C8H20N2O2.C8H20N2O.C7H18N2O.C3H6Br2O.C3H6Br2.3C3H10N2O.C2H4Br2/c1-3-7(11)5-10-6-8(12)4-9-2;1-3-4-5-10-7-8(11)6-9-2;1-3-4-9-6-7(10)5-8-2;4-1-3(6)2-5;4-2-1-3-5;3*4-1-3(6)2-5;3-1-2-4/h7-12H,3-6H2,1-2H3;8-11H,3-7H2,1-2H3;7-10H,3-6H2,1-2H3;3,6H,1-2H2;1-3H2;3*3,6H,1-2,4-5H2;1-2H2. The van der Waals surface area contributed by atoms with Crippen LogP contribution in [0, 0.1) is 0 Å². The molecule has 4 unspecified atom stereocenters. The Kier molecular flexibility index (Phi) is 115. The van der Waals surface area contributed by atoms with E-state index in [9.17, 15) is 10.2 Å². The summed E-state index contributed by atoms with van der Waals surface area (Å²) in [4.78, 5) is 0. The number of nitrogens with one attached hydrogen (secondary N) is 6. The third-order valence-corrected chi connectivity index (χ3v) is 11.2. The number of aliphatic hydroxyl groups is 8. The fourth-order valence-corrected chi connectivity index (χ4v) is 5.27. The van der Waals surface area contributed by atoms with E-state index in [0.717, 1.165) is 47.3 Å². The molecular weight excluding hydrogens is 1260 g/mol. The first-order valence-electron chi connectivity index (χ1n) is 22.5. The van der Waals surface area contributed by atoms with E-state index in [-0.39, 0.29) is 69.8 Å². The minimum Gasteiger partial charge on any atom is -0.392 e. The van der Waals surface area contributed by atoms with Gasteiger partial charge in [-0.1, -0.05) is 123 Å². The van der Waals surface area contributed by atoms with Crippen molar-refractivity contribution in [1.82, 2.24) is 31.9 Å². The fourth-order valence-electron chi connectivity index (χ4n) is 2.88. The Morgan fingerprint density at radius 1 is 0.348 bits per heavy atom. The lowest BCUT2D eigenvalue weighted by atomic mass is 10.2. The average Bonchev–Trinajstić information content (AvgIpc) is 3.33. The lowest BCUT2D eigenvalue weighted by molar-refractivity contribution is 0.143. The third-order valence-electron chi connectivity index (χ3n) is 6.77. The van der Waals surface area contributed by atoms with E-state index in [1.54, 1.807) is 7.05 Å². The number of halogens is 6. The summed E-state index contributed by atoms with van der Waals surface area (Å²) >= 11 is 19.2. The second-order valence-corrected chi connectivity index (χ2v) is 18.0. The Hall–Kier alpha value is 2.08. The third kappa shape index (κ3) is 116. The van der Waals surface area contributed by atoms with E-state index in [1.807, 2.05) is 21.0 Å². The summed E-state index contributed by atoms with van der Waals surface area (Å²) in [5, 5.41) is 94.2. The monoisotopic (exact) mass is 1350 g/mol. The predicted molar refractivity (Wildman–Crippen MR) is 306 cm³/mol. The Morgan fingerprint density at radius 3 is 0.833 bits per heavy atom. The second kappa shape index (κ2) is 86.8. The van der Waals surface area contributed by atoms with E-state index < -0.39 is 18.3 Å². The van der Waals surface area contributed by atoms with Crippen molar-refractivity contribution >= 4 is 95.6 Å². The summed E-state index contributed by atoms with van der Waals surface area (Å²) in [6.45, 7) is 14.1. The largest absolute Gasteiger partial charge is 0.392 e. The molecule has 0 spiro atoms. The van der Waals surface area contributed by atoms with Crippen LogP contribution in [-0.2, 0) is 0 Å². The summed E-state index contributed by atoms with van der Waals surface area (Å²) in [6.07, 6.45) is 2.53. The molecule has 26 N–H and O–H groups in total. The van der Waals surface area contributed by atoms with Gasteiger partial charge in [-0.15, -0.1) is 0 Å². The summed E-state index contributed by atoms with van der Waals surface area (Å²) in [5.41, 5.74) is 29.7. The zero-order chi connectivity index (χ0) is 53.2. The molecule has 0 bridgehead atoms. The number of nitrogens with two attached hydrogens (primary N) is 6. The van der Waals surface area contributed by atoms with E-state index in [0.29, 0.717) is 56.5 Å². The molecule has 414 valence electrons. The Morgan fingerprint density at radius 2 is 0.652 bits per heavy atom. The van der Waals surface area contributed by atoms with Gasteiger partial charge in [-0.25, -0.2) is 0 Å². The van der Waals surface area contributed by atoms with Crippen molar-refractivity contribution in [3.63, 3.8) is 0 Å². The predicted octanol–water partition coefficient (Wildman–Crippen LogP) is -1.68. The summed E-state index contributed by atoms with van der Waals surface area (Å²) in [5.74, 6) is 0. The van der Waals surface area contributed by atoms with Crippen molar-refractivity contribution in [3.8, 4) is 0 Å². The summed E-state index contributed by atoms with van der Waals surface area (Å²) < 4.78 is 0. The van der Waals surface area contributed by atoms with Crippen molar-refractivity contribution in [2.75, 3.05) is 151 Å². The summed E-state index contributed by atoms with van der Waals surface area (Å²) in [6, 6.07) is 0. The zero-order valence-electron chi connectivity index (χ0n) is 41.3. The van der Waals surface area contributed by atoms with Gasteiger partial charge in [0.15, 0.2) is 0 Å². The smallest absolute Gasteiger partial charge is 0.0788 e. The molecule has 0 radical (unpaired) electrons. The molecule has 4 atom stereocenters. The zero-order valence-corrected chi connectivity index (χ0v) is 50.8. The van der Waals surface area contributed by atoms with Crippen LogP contribution in [0.15, 0.2) is 0 Å². The average molecular weight is 1360 g/mol. The molecule has 0 aromatic carbocycles. The number of hydrogen-bond acceptors (Lipinski definition) is 20. The van der Waals surface area contributed by atoms with Crippen LogP contribution in [0.5, 0.6) is 0 Å². The number of rotatable bonds is 31. The Balaban J connectivity index is -0.0000000809. The molecule has 0 saturated carbocycles. The quantitative estimate of drug-likeness (QED) is 0.0272. The molecule has 26 heteroatoms. The van der Waals surface area contributed by atoms with Crippen LogP contribution in [0.1, 0.15) is 52.9 Å². The molecule has 0 aliphatic heterocycles. The highest BCUT2D eigenvalue weighted by Gasteiger charge is 2.04. The van der Waals surface area contributed by atoms with Crippen LogP contribution in [0.2, 0.25) is 0 Å². The maximum Gasteiger partial charge on any atom is 0.0788 e. The maximum atomic E-state index is 9.23. The minimum atomic E-state index is -0.509. The van der Waals surface area contributed by atoms with Gasteiger partial charge in [0.2, 0.25) is 0 Å². The fraction of sp³-hybridized carbons (Fsp3) is 1.00. The lowest BCUT2D eigenvalue weighted by Gasteiger charge is -2.13. The number of alkyl halides is 6. The molecule has 66 heavy (non-hydrogen) atoms. The molecule has 0 aromatic heterocycles. The topological polar surface area (TPSA) is 390 Å².